The van der Waals surface area contributed by atoms with Gasteiger partial charge in [0.15, 0.2) is 5.65 Å². The van der Waals surface area contributed by atoms with Crippen LogP contribution in [0.3, 0.4) is 0 Å². The highest BCUT2D eigenvalue weighted by molar-refractivity contribution is 5.80. The number of hydrogen-bond acceptors (Lipinski definition) is 5. The van der Waals surface area contributed by atoms with Crippen molar-refractivity contribution in [2.24, 2.45) is 5.92 Å². The molecule has 1 aliphatic rings. The van der Waals surface area contributed by atoms with E-state index < -0.39 is 0 Å². The van der Waals surface area contributed by atoms with Crippen LogP contribution in [-0.2, 0) is 17.6 Å². The summed E-state index contributed by atoms with van der Waals surface area (Å²) in [6.07, 6.45) is 6.52. The van der Waals surface area contributed by atoms with E-state index in [-0.39, 0.29) is 17.9 Å². The fraction of sp³-hybridized carbons (Fsp3) is 0.619. The Balaban J connectivity index is 1.80. The van der Waals surface area contributed by atoms with Crippen molar-refractivity contribution in [3.8, 4) is 0 Å². The van der Waals surface area contributed by atoms with Crippen LogP contribution in [0.4, 0.5) is 5.69 Å². The van der Waals surface area contributed by atoms with Crippen LogP contribution in [0.5, 0.6) is 0 Å². The van der Waals surface area contributed by atoms with Crippen LogP contribution in [-0.4, -0.2) is 40.0 Å². The Bertz CT molecular complexity index is 807. The van der Waals surface area contributed by atoms with Gasteiger partial charge in [-0.25, -0.2) is 15.0 Å². The van der Waals surface area contributed by atoms with E-state index in [1.807, 2.05) is 6.20 Å². The molecule has 1 amide bonds. The molecule has 1 saturated heterocycles. The van der Waals surface area contributed by atoms with Crippen molar-refractivity contribution in [2.45, 2.75) is 65.8 Å². The van der Waals surface area contributed by atoms with Gasteiger partial charge in [0.2, 0.25) is 5.91 Å². The van der Waals surface area contributed by atoms with Crippen LogP contribution in [0.1, 0.15) is 58.3 Å². The van der Waals surface area contributed by atoms with E-state index in [2.05, 4.69) is 53.9 Å². The lowest BCUT2D eigenvalue weighted by Crippen LogP contribution is -2.45. The predicted octanol–water partition coefficient (Wildman–Crippen LogP) is 3.28. The number of piperidine rings is 1. The molecule has 146 valence electrons. The standard InChI is InChI=1S/C21H31N5O/c1-5-14(4)23-21(27)15-9-8-10-26(13-15)16-11-19-20(22-12-16)25-18(7-3)17(6-2)24-19/h11-12,14-15H,5-10,13H2,1-4H3,(H,23,27). The number of anilines is 1. The van der Waals surface area contributed by atoms with E-state index in [0.29, 0.717) is 5.65 Å². The number of nitrogens with zero attached hydrogens (tertiary/aromatic N) is 4. The van der Waals surface area contributed by atoms with Crippen LogP contribution in [0, 0.1) is 5.92 Å². The maximum absolute atomic E-state index is 12.5. The Morgan fingerprint density at radius 2 is 2.00 bits per heavy atom. The molecule has 2 aromatic heterocycles. The average Bonchev–Trinajstić information content (AvgIpc) is 2.72. The number of aromatic nitrogens is 3. The Kier molecular flexibility index (Phi) is 6.24. The molecule has 0 bridgehead atoms. The summed E-state index contributed by atoms with van der Waals surface area (Å²) in [7, 11) is 0. The van der Waals surface area contributed by atoms with Gasteiger partial charge in [-0.1, -0.05) is 20.8 Å². The van der Waals surface area contributed by atoms with Crippen molar-refractivity contribution in [3.63, 3.8) is 0 Å². The van der Waals surface area contributed by atoms with Gasteiger partial charge in [-0.3, -0.25) is 4.79 Å². The van der Waals surface area contributed by atoms with Crippen molar-refractivity contribution < 1.29 is 4.79 Å². The number of amides is 1. The molecule has 1 aliphatic heterocycles. The summed E-state index contributed by atoms with van der Waals surface area (Å²) in [6, 6.07) is 2.30. The fourth-order valence-electron chi connectivity index (χ4n) is 3.63. The molecule has 6 nitrogen and oxygen atoms in total. The van der Waals surface area contributed by atoms with Gasteiger partial charge in [-0.2, -0.15) is 0 Å². The Labute approximate surface area is 161 Å². The summed E-state index contributed by atoms with van der Waals surface area (Å²) in [4.78, 5) is 28.8. The minimum absolute atomic E-state index is 0.0307. The molecule has 1 N–H and O–H groups in total. The first-order valence-electron chi connectivity index (χ1n) is 10.3. The third kappa shape index (κ3) is 4.37. The molecule has 2 aromatic rings. The van der Waals surface area contributed by atoms with Crippen molar-refractivity contribution >= 4 is 22.8 Å². The van der Waals surface area contributed by atoms with E-state index >= 15 is 0 Å². The van der Waals surface area contributed by atoms with E-state index in [1.165, 1.54) is 0 Å². The smallest absolute Gasteiger partial charge is 0.225 e. The maximum atomic E-state index is 12.5. The Hall–Kier alpha value is -2.24. The van der Waals surface area contributed by atoms with Gasteiger partial charge < -0.3 is 10.2 Å². The minimum Gasteiger partial charge on any atom is -0.369 e. The summed E-state index contributed by atoms with van der Waals surface area (Å²) in [5, 5.41) is 3.13. The molecule has 2 unspecified atom stereocenters. The molecule has 27 heavy (non-hydrogen) atoms. The first-order chi connectivity index (χ1) is 13.0. The van der Waals surface area contributed by atoms with Crippen LogP contribution >= 0.6 is 0 Å². The van der Waals surface area contributed by atoms with Crippen LogP contribution in [0.2, 0.25) is 0 Å². The summed E-state index contributed by atoms with van der Waals surface area (Å²) >= 11 is 0. The molecule has 0 saturated carbocycles. The maximum Gasteiger partial charge on any atom is 0.225 e. The minimum atomic E-state index is 0.0307. The topological polar surface area (TPSA) is 71.0 Å². The SMILES string of the molecule is CCc1nc2cc(N3CCCC(C(=O)NC(C)CC)C3)cnc2nc1CC. The van der Waals surface area contributed by atoms with Crippen LogP contribution in [0.25, 0.3) is 11.2 Å². The van der Waals surface area contributed by atoms with Crippen molar-refractivity contribution in [1.29, 1.82) is 0 Å². The highest BCUT2D eigenvalue weighted by Crippen LogP contribution is 2.25. The second-order valence-electron chi connectivity index (χ2n) is 7.46. The van der Waals surface area contributed by atoms with Gasteiger partial charge in [-0.05, 0) is 45.1 Å². The molecule has 3 rings (SSSR count). The molecule has 0 aromatic carbocycles. The zero-order chi connectivity index (χ0) is 19.4. The summed E-state index contributed by atoms with van der Waals surface area (Å²) in [5.41, 5.74) is 4.66. The zero-order valence-electron chi connectivity index (χ0n) is 17.0. The number of pyridine rings is 1. The summed E-state index contributed by atoms with van der Waals surface area (Å²) < 4.78 is 0. The second kappa shape index (κ2) is 8.63. The van der Waals surface area contributed by atoms with Gasteiger partial charge in [0, 0.05) is 19.1 Å². The molecule has 0 aliphatic carbocycles. The first-order valence-corrected chi connectivity index (χ1v) is 10.3. The highest BCUT2D eigenvalue weighted by atomic mass is 16.2. The van der Waals surface area contributed by atoms with E-state index in [4.69, 9.17) is 4.98 Å². The quantitative estimate of drug-likeness (QED) is 0.846. The lowest BCUT2D eigenvalue weighted by atomic mass is 9.96. The van der Waals surface area contributed by atoms with E-state index in [9.17, 15) is 4.79 Å². The van der Waals surface area contributed by atoms with E-state index in [0.717, 1.165) is 67.8 Å². The molecular weight excluding hydrogens is 338 g/mol. The Morgan fingerprint density at radius 1 is 1.26 bits per heavy atom. The highest BCUT2D eigenvalue weighted by Gasteiger charge is 2.27. The molecule has 0 spiro atoms. The zero-order valence-corrected chi connectivity index (χ0v) is 17.0. The molecule has 0 radical (unpaired) electrons. The number of fused-ring (bicyclic) bond motifs is 1. The van der Waals surface area contributed by atoms with Crippen molar-refractivity contribution in [1.82, 2.24) is 20.3 Å². The van der Waals surface area contributed by atoms with Gasteiger partial charge in [0.25, 0.3) is 0 Å². The van der Waals surface area contributed by atoms with Gasteiger partial charge in [-0.15, -0.1) is 0 Å². The number of carbonyl (C=O) groups is 1. The average molecular weight is 370 g/mol. The van der Waals surface area contributed by atoms with Crippen molar-refractivity contribution in [3.05, 3.63) is 23.7 Å². The normalized spacial score (nSPS) is 18.5. The second-order valence-corrected chi connectivity index (χ2v) is 7.46. The molecule has 3 heterocycles. The summed E-state index contributed by atoms with van der Waals surface area (Å²) in [6.45, 7) is 10.0. The third-order valence-corrected chi connectivity index (χ3v) is 5.49. The van der Waals surface area contributed by atoms with Gasteiger partial charge in [0.05, 0.1) is 29.2 Å². The third-order valence-electron chi connectivity index (χ3n) is 5.49. The number of carbonyl (C=O) groups excluding carboxylic acids is 1. The van der Waals surface area contributed by atoms with Crippen LogP contribution in [0.15, 0.2) is 12.3 Å². The molecular formula is C21H31N5O. The largest absolute Gasteiger partial charge is 0.369 e. The summed E-state index contributed by atoms with van der Waals surface area (Å²) in [5.74, 6) is 0.201. The molecule has 2 atom stereocenters. The van der Waals surface area contributed by atoms with E-state index in [1.54, 1.807) is 0 Å². The lowest BCUT2D eigenvalue weighted by Gasteiger charge is -2.34. The van der Waals surface area contributed by atoms with Crippen molar-refractivity contribution in [2.75, 3.05) is 18.0 Å². The fourth-order valence-corrected chi connectivity index (χ4v) is 3.63. The first kappa shape index (κ1) is 19.5. The predicted molar refractivity (Wildman–Crippen MR) is 109 cm³/mol. The molecule has 1 fully saturated rings. The number of hydrogen-bond donors (Lipinski definition) is 1. The lowest BCUT2D eigenvalue weighted by molar-refractivity contribution is -0.125. The van der Waals surface area contributed by atoms with Gasteiger partial charge >= 0.3 is 0 Å². The molecule has 6 heteroatoms. The Morgan fingerprint density at radius 3 is 2.70 bits per heavy atom. The number of rotatable bonds is 6. The van der Waals surface area contributed by atoms with Gasteiger partial charge in [0.1, 0.15) is 5.52 Å². The number of aryl methyl sites for hydroxylation is 2. The number of nitrogens with one attached hydrogen (secondary N) is 1. The monoisotopic (exact) mass is 369 g/mol. The van der Waals surface area contributed by atoms with Crippen LogP contribution < -0.4 is 10.2 Å².